The molecule has 2 N–H and O–H groups in total. The standard InChI is InChI=1S/C22H24N2O3S/c1-17-7-3-6-10-22(17)28(25,26)24-20-13-11-19(12-14-20)23-16-15-18-8-4-5-9-21(18)27-2/h3-14,23-24H,15-16H2,1-2H3. The Morgan fingerprint density at radius 1 is 0.857 bits per heavy atom. The van der Waals surface area contributed by atoms with Crippen LogP contribution in [0.5, 0.6) is 5.75 Å². The van der Waals surface area contributed by atoms with E-state index in [2.05, 4.69) is 10.0 Å². The number of sulfonamides is 1. The predicted molar refractivity (Wildman–Crippen MR) is 114 cm³/mol. The highest BCUT2D eigenvalue weighted by Gasteiger charge is 2.16. The lowest BCUT2D eigenvalue weighted by molar-refractivity contribution is 0.410. The third-order valence-corrected chi connectivity index (χ3v) is 5.98. The van der Waals surface area contributed by atoms with Crippen LogP contribution in [0.4, 0.5) is 11.4 Å². The number of rotatable bonds is 8. The Labute approximate surface area is 166 Å². The molecule has 0 bridgehead atoms. The van der Waals surface area contributed by atoms with Gasteiger partial charge in [-0.05, 0) is 60.9 Å². The van der Waals surface area contributed by atoms with E-state index >= 15 is 0 Å². The minimum atomic E-state index is -3.60. The molecular weight excluding hydrogens is 372 g/mol. The number of nitrogens with one attached hydrogen (secondary N) is 2. The Bertz CT molecular complexity index is 1030. The molecule has 0 aliphatic rings. The first-order chi connectivity index (χ1) is 13.5. The fourth-order valence-corrected chi connectivity index (χ4v) is 4.28. The third kappa shape index (κ3) is 4.84. The van der Waals surface area contributed by atoms with Crippen molar-refractivity contribution in [3.05, 3.63) is 83.9 Å². The normalized spacial score (nSPS) is 11.1. The van der Waals surface area contributed by atoms with Gasteiger partial charge in [0.05, 0.1) is 12.0 Å². The summed E-state index contributed by atoms with van der Waals surface area (Å²) in [5.74, 6) is 0.880. The Balaban J connectivity index is 1.60. The molecule has 0 spiro atoms. The van der Waals surface area contributed by atoms with Crippen LogP contribution in [0.15, 0.2) is 77.7 Å². The summed E-state index contributed by atoms with van der Waals surface area (Å²) in [7, 11) is -1.93. The molecule has 3 aromatic carbocycles. The van der Waals surface area contributed by atoms with E-state index in [9.17, 15) is 8.42 Å². The number of hydrogen-bond acceptors (Lipinski definition) is 4. The third-order valence-electron chi connectivity index (χ3n) is 4.44. The van der Waals surface area contributed by atoms with E-state index in [0.717, 1.165) is 30.0 Å². The maximum atomic E-state index is 12.6. The van der Waals surface area contributed by atoms with Gasteiger partial charge in [-0.1, -0.05) is 36.4 Å². The molecule has 5 nitrogen and oxygen atoms in total. The maximum Gasteiger partial charge on any atom is 0.262 e. The van der Waals surface area contributed by atoms with E-state index < -0.39 is 10.0 Å². The Morgan fingerprint density at radius 3 is 2.21 bits per heavy atom. The zero-order chi connectivity index (χ0) is 20.0. The van der Waals surface area contributed by atoms with Crippen LogP contribution >= 0.6 is 0 Å². The van der Waals surface area contributed by atoms with Gasteiger partial charge in [0.15, 0.2) is 0 Å². The lowest BCUT2D eigenvalue weighted by Gasteiger charge is -2.12. The second kappa shape index (κ2) is 8.80. The van der Waals surface area contributed by atoms with E-state index in [0.29, 0.717) is 11.3 Å². The first kappa shape index (κ1) is 19.8. The van der Waals surface area contributed by atoms with Gasteiger partial charge in [-0.15, -0.1) is 0 Å². The minimum Gasteiger partial charge on any atom is -0.496 e. The first-order valence-electron chi connectivity index (χ1n) is 9.04. The summed E-state index contributed by atoms with van der Waals surface area (Å²) in [5, 5.41) is 3.34. The number of benzene rings is 3. The van der Waals surface area contributed by atoms with Gasteiger partial charge in [-0.3, -0.25) is 4.72 Å². The van der Waals surface area contributed by atoms with Gasteiger partial charge in [0.2, 0.25) is 0 Å². The Kier molecular flexibility index (Phi) is 6.21. The highest BCUT2D eigenvalue weighted by atomic mass is 32.2. The second-order valence-corrected chi connectivity index (χ2v) is 8.09. The van der Waals surface area contributed by atoms with Gasteiger partial charge in [0, 0.05) is 17.9 Å². The van der Waals surface area contributed by atoms with E-state index in [4.69, 9.17) is 4.74 Å². The average Bonchev–Trinajstić information content (AvgIpc) is 2.69. The van der Waals surface area contributed by atoms with Gasteiger partial charge >= 0.3 is 0 Å². The molecule has 0 amide bonds. The SMILES string of the molecule is COc1ccccc1CCNc1ccc(NS(=O)(=O)c2ccccc2C)cc1. The summed E-state index contributed by atoms with van der Waals surface area (Å²) in [6.07, 6.45) is 0.825. The molecular formula is C22H24N2O3S. The number of aryl methyl sites for hydroxylation is 1. The number of anilines is 2. The van der Waals surface area contributed by atoms with Crippen molar-refractivity contribution in [3.8, 4) is 5.75 Å². The molecule has 0 saturated heterocycles. The van der Waals surface area contributed by atoms with Gasteiger partial charge in [0.25, 0.3) is 10.0 Å². The molecule has 28 heavy (non-hydrogen) atoms. The van der Waals surface area contributed by atoms with Crippen LogP contribution in [0.3, 0.4) is 0 Å². The van der Waals surface area contributed by atoms with Crippen molar-refractivity contribution in [2.45, 2.75) is 18.2 Å². The topological polar surface area (TPSA) is 67.4 Å². The van der Waals surface area contributed by atoms with Crippen molar-refractivity contribution in [2.24, 2.45) is 0 Å². The number of methoxy groups -OCH3 is 1. The molecule has 0 fully saturated rings. The van der Waals surface area contributed by atoms with Crippen LogP contribution in [0.2, 0.25) is 0 Å². The second-order valence-electron chi connectivity index (χ2n) is 6.44. The number of para-hydroxylation sites is 1. The molecule has 0 radical (unpaired) electrons. The van der Waals surface area contributed by atoms with Crippen LogP contribution in [0.25, 0.3) is 0 Å². The zero-order valence-electron chi connectivity index (χ0n) is 16.0. The van der Waals surface area contributed by atoms with E-state index in [1.807, 2.05) is 42.5 Å². The van der Waals surface area contributed by atoms with Crippen molar-refractivity contribution in [1.82, 2.24) is 0 Å². The molecule has 0 heterocycles. The predicted octanol–water partition coefficient (Wildman–Crippen LogP) is 4.46. The molecule has 3 aromatic rings. The first-order valence-corrected chi connectivity index (χ1v) is 10.5. The average molecular weight is 397 g/mol. The smallest absolute Gasteiger partial charge is 0.262 e. The van der Waals surface area contributed by atoms with Crippen molar-refractivity contribution in [1.29, 1.82) is 0 Å². The molecule has 0 aromatic heterocycles. The molecule has 0 aliphatic heterocycles. The van der Waals surface area contributed by atoms with E-state index in [-0.39, 0.29) is 4.90 Å². The quantitative estimate of drug-likeness (QED) is 0.590. The lowest BCUT2D eigenvalue weighted by Crippen LogP contribution is -2.14. The monoisotopic (exact) mass is 396 g/mol. The molecule has 0 unspecified atom stereocenters. The highest BCUT2D eigenvalue weighted by molar-refractivity contribution is 7.92. The van der Waals surface area contributed by atoms with Crippen LogP contribution in [-0.4, -0.2) is 22.1 Å². The summed E-state index contributed by atoms with van der Waals surface area (Å²) < 4.78 is 33.1. The van der Waals surface area contributed by atoms with Crippen molar-refractivity contribution in [2.75, 3.05) is 23.7 Å². The summed E-state index contributed by atoms with van der Waals surface area (Å²) in [4.78, 5) is 0.286. The van der Waals surface area contributed by atoms with Gasteiger partial charge < -0.3 is 10.1 Å². The molecule has 0 saturated carbocycles. The van der Waals surface area contributed by atoms with Gasteiger partial charge in [0.1, 0.15) is 5.75 Å². The van der Waals surface area contributed by atoms with E-state index in [1.54, 1.807) is 44.4 Å². The summed E-state index contributed by atoms with van der Waals surface area (Å²) >= 11 is 0. The van der Waals surface area contributed by atoms with Crippen LogP contribution in [0.1, 0.15) is 11.1 Å². The maximum absolute atomic E-state index is 12.6. The van der Waals surface area contributed by atoms with Crippen molar-refractivity contribution in [3.63, 3.8) is 0 Å². The fourth-order valence-electron chi connectivity index (χ4n) is 2.98. The Morgan fingerprint density at radius 2 is 1.50 bits per heavy atom. The van der Waals surface area contributed by atoms with Crippen molar-refractivity contribution >= 4 is 21.4 Å². The van der Waals surface area contributed by atoms with E-state index in [1.165, 1.54) is 0 Å². The van der Waals surface area contributed by atoms with Crippen molar-refractivity contribution < 1.29 is 13.2 Å². The highest BCUT2D eigenvalue weighted by Crippen LogP contribution is 2.21. The number of ether oxygens (including phenoxy) is 1. The van der Waals surface area contributed by atoms with Gasteiger partial charge in [-0.25, -0.2) is 8.42 Å². The van der Waals surface area contributed by atoms with Crippen LogP contribution < -0.4 is 14.8 Å². The fraction of sp³-hybridized carbons (Fsp3) is 0.182. The minimum absolute atomic E-state index is 0.286. The molecule has 3 rings (SSSR count). The molecule has 0 atom stereocenters. The largest absolute Gasteiger partial charge is 0.496 e. The lowest BCUT2D eigenvalue weighted by atomic mass is 10.1. The summed E-state index contributed by atoms with van der Waals surface area (Å²) in [6, 6.07) is 22.1. The zero-order valence-corrected chi connectivity index (χ0v) is 16.8. The summed E-state index contributed by atoms with van der Waals surface area (Å²) in [5.41, 5.74) is 3.30. The molecule has 146 valence electrons. The summed E-state index contributed by atoms with van der Waals surface area (Å²) in [6.45, 7) is 2.53. The molecule has 0 aliphatic carbocycles. The molecule has 6 heteroatoms. The number of hydrogen-bond donors (Lipinski definition) is 2. The van der Waals surface area contributed by atoms with Crippen LogP contribution in [-0.2, 0) is 16.4 Å². The van der Waals surface area contributed by atoms with Gasteiger partial charge in [-0.2, -0.15) is 0 Å². The Hall–Kier alpha value is -2.99. The van der Waals surface area contributed by atoms with Crippen LogP contribution in [0, 0.1) is 6.92 Å².